The van der Waals surface area contributed by atoms with Crippen molar-refractivity contribution >= 4 is 0 Å². The minimum absolute atomic E-state index is 0.147. The van der Waals surface area contributed by atoms with E-state index in [1.165, 1.54) is 27.8 Å². The van der Waals surface area contributed by atoms with E-state index in [1.807, 2.05) is 12.1 Å². The van der Waals surface area contributed by atoms with E-state index in [9.17, 15) is 5.11 Å². The molecule has 0 amide bonds. The molecule has 2 N–H and O–H groups in total. The van der Waals surface area contributed by atoms with Gasteiger partial charge in [0.05, 0.1) is 19.8 Å². The molecule has 30 heavy (non-hydrogen) atoms. The van der Waals surface area contributed by atoms with Crippen LogP contribution in [0, 0.1) is 13.8 Å². The summed E-state index contributed by atoms with van der Waals surface area (Å²) >= 11 is 0. The van der Waals surface area contributed by atoms with Crippen molar-refractivity contribution < 1.29 is 14.6 Å². The third-order valence-corrected chi connectivity index (χ3v) is 5.77. The summed E-state index contributed by atoms with van der Waals surface area (Å²) in [7, 11) is 1.69. The van der Waals surface area contributed by atoms with Gasteiger partial charge in [-0.05, 0) is 72.4 Å². The monoisotopic (exact) mass is 403 g/mol. The molecule has 4 heteroatoms. The molecule has 0 radical (unpaired) electrons. The number of methoxy groups -OCH3 is 1. The number of fused-ring (bicyclic) bond motifs is 1. The molecule has 1 heterocycles. The van der Waals surface area contributed by atoms with Crippen LogP contribution in [0.5, 0.6) is 17.2 Å². The normalized spacial score (nSPS) is 15.5. The number of hydrogen-bond donors (Lipinski definition) is 2. The maximum absolute atomic E-state index is 9.65. The van der Waals surface area contributed by atoms with Crippen molar-refractivity contribution in [2.45, 2.75) is 32.7 Å². The largest absolute Gasteiger partial charge is 0.508 e. The maximum atomic E-state index is 9.65. The van der Waals surface area contributed by atoms with E-state index in [-0.39, 0.29) is 11.8 Å². The molecule has 1 atom stereocenters. The predicted octanol–water partition coefficient (Wildman–Crippen LogP) is 4.87. The van der Waals surface area contributed by atoms with Gasteiger partial charge < -0.3 is 19.9 Å². The zero-order valence-corrected chi connectivity index (χ0v) is 17.9. The predicted molar refractivity (Wildman–Crippen MR) is 120 cm³/mol. The smallest absolute Gasteiger partial charge is 0.161 e. The summed E-state index contributed by atoms with van der Waals surface area (Å²) < 4.78 is 11.8. The van der Waals surface area contributed by atoms with Crippen molar-refractivity contribution in [3.63, 3.8) is 0 Å². The van der Waals surface area contributed by atoms with Gasteiger partial charge in [-0.2, -0.15) is 0 Å². The van der Waals surface area contributed by atoms with Gasteiger partial charge in [0, 0.05) is 13.0 Å². The molecule has 0 spiro atoms. The lowest BCUT2D eigenvalue weighted by atomic mass is 9.87. The number of hydrogen-bond acceptors (Lipinski definition) is 4. The van der Waals surface area contributed by atoms with Gasteiger partial charge >= 0.3 is 0 Å². The van der Waals surface area contributed by atoms with Crippen molar-refractivity contribution in [2.75, 3.05) is 20.3 Å². The van der Waals surface area contributed by atoms with Gasteiger partial charge in [-0.25, -0.2) is 0 Å². The quantitative estimate of drug-likeness (QED) is 0.616. The molecule has 0 aromatic heterocycles. The zero-order valence-electron chi connectivity index (χ0n) is 17.9. The molecule has 4 nitrogen and oxygen atoms in total. The summed E-state index contributed by atoms with van der Waals surface area (Å²) in [6.45, 7) is 5.75. The van der Waals surface area contributed by atoms with E-state index >= 15 is 0 Å². The van der Waals surface area contributed by atoms with Crippen LogP contribution in [0.1, 0.15) is 39.4 Å². The summed E-state index contributed by atoms with van der Waals surface area (Å²) in [5, 5.41) is 13.3. The lowest BCUT2D eigenvalue weighted by molar-refractivity contribution is 0.296. The number of benzene rings is 3. The molecule has 0 fully saturated rings. The fourth-order valence-electron chi connectivity index (χ4n) is 4.25. The van der Waals surface area contributed by atoms with E-state index in [0.29, 0.717) is 13.0 Å². The molecular weight excluding hydrogens is 374 g/mol. The van der Waals surface area contributed by atoms with E-state index < -0.39 is 0 Å². The highest BCUT2D eigenvalue weighted by Gasteiger charge is 2.25. The first-order valence-electron chi connectivity index (χ1n) is 10.5. The topological polar surface area (TPSA) is 50.7 Å². The Bertz CT molecular complexity index is 1040. The molecule has 0 saturated heterocycles. The van der Waals surface area contributed by atoms with E-state index in [2.05, 4.69) is 49.5 Å². The highest BCUT2D eigenvalue weighted by Crippen LogP contribution is 2.38. The van der Waals surface area contributed by atoms with Gasteiger partial charge in [0.1, 0.15) is 5.75 Å². The Morgan fingerprint density at radius 3 is 2.63 bits per heavy atom. The second-order valence-corrected chi connectivity index (χ2v) is 7.97. The Morgan fingerprint density at radius 1 is 1.00 bits per heavy atom. The average Bonchev–Trinajstić information content (AvgIpc) is 2.73. The number of rotatable bonds is 6. The fourth-order valence-corrected chi connectivity index (χ4v) is 4.25. The molecular formula is C26H29NO3. The van der Waals surface area contributed by atoms with Crippen LogP contribution in [-0.4, -0.2) is 25.4 Å². The fraction of sp³-hybridized carbons (Fsp3) is 0.308. The number of phenols is 1. The number of aromatic hydroxyl groups is 1. The molecule has 0 saturated carbocycles. The Balaban J connectivity index is 1.60. The molecule has 156 valence electrons. The highest BCUT2D eigenvalue weighted by atomic mass is 16.5. The SMILES string of the molecule is COc1cc2c(cc1OCCc1cccc(O)c1)C(c1ccc(C)cc1C)NCC2. The lowest BCUT2D eigenvalue weighted by Crippen LogP contribution is -2.31. The molecule has 3 aromatic rings. The zero-order chi connectivity index (χ0) is 21.1. The number of nitrogens with one attached hydrogen (secondary N) is 1. The van der Waals surface area contributed by atoms with Gasteiger partial charge in [-0.3, -0.25) is 0 Å². The molecule has 0 aliphatic carbocycles. The van der Waals surface area contributed by atoms with Crippen LogP contribution in [0.15, 0.2) is 54.6 Å². The van der Waals surface area contributed by atoms with Gasteiger partial charge in [-0.15, -0.1) is 0 Å². The van der Waals surface area contributed by atoms with Crippen molar-refractivity contribution in [1.29, 1.82) is 0 Å². The van der Waals surface area contributed by atoms with Crippen LogP contribution in [0.4, 0.5) is 0 Å². The summed E-state index contributed by atoms with van der Waals surface area (Å²) in [6.07, 6.45) is 1.68. The third kappa shape index (κ3) is 4.29. The Labute approximate surface area is 178 Å². The lowest BCUT2D eigenvalue weighted by Gasteiger charge is -2.30. The standard InChI is InChI=1S/C26H29NO3/c1-17-7-8-22(18(2)13-17)26-23-16-25(24(29-3)15-20(23)9-11-27-26)30-12-10-19-5-4-6-21(28)14-19/h4-8,13-16,26-28H,9-12H2,1-3H3. The van der Waals surface area contributed by atoms with Gasteiger partial charge in [0.2, 0.25) is 0 Å². The van der Waals surface area contributed by atoms with Crippen molar-refractivity contribution in [1.82, 2.24) is 5.32 Å². The first-order chi connectivity index (χ1) is 14.5. The summed E-state index contributed by atoms with van der Waals surface area (Å²) in [5.41, 5.74) is 7.47. The molecule has 0 bridgehead atoms. The van der Waals surface area contributed by atoms with Crippen LogP contribution in [-0.2, 0) is 12.8 Å². The summed E-state index contributed by atoms with van der Waals surface area (Å²) in [5.74, 6) is 1.81. The van der Waals surface area contributed by atoms with Crippen molar-refractivity contribution in [3.8, 4) is 17.2 Å². The first kappa shape index (κ1) is 20.3. The number of aryl methyl sites for hydroxylation is 2. The highest BCUT2D eigenvalue weighted by molar-refractivity contribution is 5.52. The summed E-state index contributed by atoms with van der Waals surface area (Å²) in [6, 6.07) is 18.3. The molecule has 3 aromatic carbocycles. The maximum Gasteiger partial charge on any atom is 0.161 e. The molecule has 1 aliphatic rings. The minimum Gasteiger partial charge on any atom is -0.508 e. The Morgan fingerprint density at radius 2 is 1.87 bits per heavy atom. The van der Waals surface area contributed by atoms with Crippen LogP contribution in [0.3, 0.4) is 0 Å². The minimum atomic E-state index is 0.147. The molecule has 1 aliphatic heterocycles. The van der Waals surface area contributed by atoms with Crippen molar-refractivity contribution in [3.05, 3.63) is 88.0 Å². The van der Waals surface area contributed by atoms with Crippen molar-refractivity contribution in [2.24, 2.45) is 0 Å². The van der Waals surface area contributed by atoms with Crippen LogP contribution >= 0.6 is 0 Å². The second-order valence-electron chi connectivity index (χ2n) is 7.97. The van der Waals surface area contributed by atoms with Gasteiger partial charge in [0.25, 0.3) is 0 Å². The number of ether oxygens (including phenoxy) is 2. The van der Waals surface area contributed by atoms with E-state index in [1.54, 1.807) is 19.2 Å². The van der Waals surface area contributed by atoms with E-state index in [0.717, 1.165) is 30.0 Å². The second kappa shape index (κ2) is 8.80. The van der Waals surface area contributed by atoms with Crippen LogP contribution < -0.4 is 14.8 Å². The Kier molecular flexibility index (Phi) is 5.96. The third-order valence-electron chi connectivity index (χ3n) is 5.77. The summed E-state index contributed by atoms with van der Waals surface area (Å²) in [4.78, 5) is 0. The Hall–Kier alpha value is -2.98. The number of phenolic OH excluding ortho intramolecular Hbond substituents is 1. The molecule has 1 unspecified atom stereocenters. The van der Waals surface area contributed by atoms with Crippen LogP contribution in [0.2, 0.25) is 0 Å². The van der Waals surface area contributed by atoms with Crippen LogP contribution in [0.25, 0.3) is 0 Å². The molecule has 4 rings (SSSR count). The first-order valence-corrected chi connectivity index (χ1v) is 10.5. The van der Waals surface area contributed by atoms with E-state index in [4.69, 9.17) is 9.47 Å². The average molecular weight is 404 g/mol. The van der Waals surface area contributed by atoms with Gasteiger partial charge in [0.15, 0.2) is 11.5 Å². The van der Waals surface area contributed by atoms with Gasteiger partial charge in [-0.1, -0.05) is 35.9 Å².